The molecule has 1 aliphatic heterocycles. The van der Waals surface area contributed by atoms with Gasteiger partial charge in [-0.3, -0.25) is 10.1 Å². The van der Waals surface area contributed by atoms with E-state index in [9.17, 15) is 14.7 Å². The van der Waals surface area contributed by atoms with E-state index >= 15 is 0 Å². The van der Waals surface area contributed by atoms with Crippen LogP contribution in [0, 0.1) is 3.57 Å². The van der Waals surface area contributed by atoms with E-state index in [4.69, 9.17) is 19.9 Å². The van der Waals surface area contributed by atoms with Crippen LogP contribution < -0.4 is 25.8 Å². The van der Waals surface area contributed by atoms with Crippen LogP contribution in [0.25, 0.3) is 0 Å². The average Bonchev–Trinajstić information content (AvgIpc) is 3.34. The summed E-state index contributed by atoms with van der Waals surface area (Å²) in [6.07, 6.45) is 3.41. The number of anilines is 3. The predicted octanol–water partition coefficient (Wildman–Crippen LogP) is 5.96. The molecule has 0 aliphatic carbocycles. The Bertz CT molecular complexity index is 1310. The van der Waals surface area contributed by atoms with Gasteiger partial charge in [-0.05, 0) is 90.4 Å². The van der Waals surface area contributed by atoms with Gasteiger partial charge in [-0.1, -0.05) is 18.2 Å². The maximum absolute atomic E-state index is 12.7. The standard InChI is InChI=1S/C27H26IN3O6/c28-17-10-12-22(32)19(14-17)23(37-27(34)30-18-11-13-24-25(15-18)36-16-35-24)8-2-1-3-9-26(33)31-21-7-5-4-6-20(21)29/h3-7,9-15,23,32H,1-2,8,16,29H2,(H,30,34)(H,31,33)/b9-3+/t23-/m0/s1. The predicted molar refractivity (Wildman–Crippen MR) is 149 cm³/mol. The van der Waals surface area contributed by atoms with Gasteiger partial charge in [0, 0.05) is 20.9 Å². The highest BCUT2D eigenvalue weighted by molar-refractivity contribution is 14.1. The molecule has 0 fully saturated rings. The zero-order chi connectivity index (χ0) is 26.2. The van der Waals surface area contributed by atoms with Crippen LogP contribution in [0.3, 0.4) is 0 Å². The Morgan fingerprint density at radius 2 is 1.89 bits per heavy atom. The van der Waals surface area contributed by atoms with Crippen molar-refractivity contribution in [2.75, 3.05) is 23.2 Å². The molecular weight excluding hydrogens is 589 g/mol. The van der Waals surface area contributed by atoms with Gasteiger partial charge in [0.1, 0.15) is 11.9 Å². The molecule has 3 aromatic carbocycles. The van der Waals surface area contributed by atoms with E-state index in [0.29, 0.717) is 53.4 Å². The van der Waals surface area contributed by atoms with Crippen molar-refractivity contribution in [3.63, 3.8) is 0 Å². The number of hydrogen-bond donors (Lipinski definition) is 4. The fourth-order valence-corrected chi connectivity index (χ4v) is 4.22. The number of para-hydroxylation sites is 2. The van der Waals surface area contributed by atoms with E-state index in [1.54, 1.807) is 66.7 Å². The summed E-state index contributed by atoms with van der Waals surface area (Å²) < 4.78 is 17.2. The van der Waals surface area contributed by atoms with Crippen LogP contribution in [0.5, 0.6) is 17.2 Å². The number of hydrogen-bond acceptors (Lipinski definition) is 7. The average molecular weight is 615 g/mol. The molecule has 0 saturated carbocycles. The third-order valence-electron chi connectivity index (χ3n) is 5.53. The largest absolute Gasteiger partial charge is 0.508 e. The summed E-state index contributed by atoms with van der Waals surface area (Å²) in [4.78, 5) is 24.9. The SMILES string of the molecule is Nc1ccccc1NC(=O)/C=C/CCC[C@H](OC(=O)Nc1ccc2c(c1)OCO2)c1cc(I)ccc1O. The molecule has 0 unspecified atom stereocenters. The molecule has 192 valence electrons. The number of benzene rings is 3. The Kier molecular flexibility index (Phi) is 8.72. The number of phenols is 1. The minimum atomic E-state index is -0.699. The van der Waals surface area contributed by atoms with Crippen molar-refractivity contribution in [3.8, 4) is 17.2 Å². The summed E-state index contributed by atoms with van der Waals surface area (Å²) in [5, 5.41) is 15.9. The Hall–Kier alpha value is -3.93. The highest BCUT2D eigenvalue weighted by atomic mass is 127. The molecule has 3 aromatic rings. The lowest BCUT2D eigenvalue weighted by Gasteiger charge is -2.20. The van der Waals surface area contributed by atoms with Crippen molar-refractivity contribution in [3.05, 3.63) is 81.9 Å². The number of unbranched alkanes of at least 4 members (excludes halogenated alkanes) is 1. The smallest absolute Gasteiger partial charge is 0.412 e. The number of fused-ring (bicyclic) bond motifs is 1. The monoisotopic (exact) mass is 615 g/mol. The van der Waals surface area contributed by atoms with E-state index in [1.165, 1.54) is 6.08 Å². The van der Waals surface area contributed by atoms with Crippen LogP contribution in [0.1, 0.15) is 30.9 Å². The maximum atomic E-state index is 12.7. The Balaban J connectivity index is 1.35. The van der Waals surface area contributed by atoms with E-state index in [2.05, 4.69) is 33.2 Å². The van der Waals surface area contributed by atoms with Crippen LogP contribution in [0.4, 0.5) is 21.9 Å². The zero-order valence-electron chi connectivity index (χ0n) is 19.8. The molecule has 0 bridgehead atoms. The minimum Gasteiger partial charge on any atom is -0.508 e. The Labute approximate surface area is 227 Å². The van der Waals surface area contributed by atoms with Gasteiger partial charge in [0.2, 0.25) is 12.7 Å². The maximum Gasteiger partial charge on any atom is 0.412 e. The number of ether oxygens (including phenoxy) is 3. The number of aromatic hydroxyl groups is 1. The van der Waals surface area contributed by atoms with Gasteiger partial charge in [-0.25, -0.2) is 4.79 Å². The molecule has 1 aliphatic rings. The number of rotatable bonds is 9. The van der Waals surface area contributed by atoms with Crippen LogP contribution in [-0.4, -0.2) is 23.9 Å². The number of nitrogens with one attached hydrogen (secondary N) is 2. The first-order valence-electron chi connectivity index (χ1n) is 11.6. The fourth-order valence-electron chi connectivity index (χ4n) is 3.71. The van der Waals surface area contributed by atoms with Gasteiger partial charge in [0.25, 0.3) is 0 Å². The number of halogens is 1. The molecule has 0 radical (unpaired) electrons. The second kappa shape index (κ2) is 12.3. The summed E-state index contributed by atoms with van der Waals surface area (Å²) in [5.41, 5.74) is 7.89. The molecule has 1 heterocycles. The van der Waals surface area contributed by atoms with Crippen molar-refractivity contribution >= 4 is 51.7 Å². The molecule has 10 heteroatoms. The van der Waals surface area contributed by atoms with E-state index in [0.717, 1.165) is 3.57 Å². The summed E-state index contributed by atoms with van der Waals surface area (Å²) in [6, 6.07) is 17.2. The second-order valence-corrected chi connectivity index (χ2v) is 9.45. The number of nitrogen functional groups attached to an aromatic ring is 1. The normalized spacial score (nSPS) is 12.8. The lowest BCUT2D eigenvalue weighted by molar-refractivity contribution is -0.111. The van der Waals surface area contributed by atoms with Gasteiger partial charge in [-0.2, -0.15) is 0 Å². The molecule has 0 spiro atoms. The molecule has 2 amide bonds. The Morgan fingerprint density at radius 3 is 2.73 bits per heavy atom. The van der Waals surface area contributed by atoms with E-state index < -0.39 is 12.2 Å². The van der Waals surface area contributed by atoms with Crippen molar-refractivity contribution in [1.29, 1.82) is 0 Å². The molecule has 9 nitrogen and oxygen atoms in total. The lowest BCUT2D eigenvalue weighted by Crippen LogP contribution is -2.18. The number of nitrogens with two attached hydrogens (primary N) is 1. The van der Waals surface area contributed by atoms with E-state index in [1.807, 2.05) is 0 Å². The quantitative estimate of drug-likeness (QED) is 0.101. The summed E-state index contributed by atoms with van der Waals surface area (Å²) in [6.45, 7) is 0.133. The molecular formula is C27H26IN3O6. The first-order valence-corrected chi connectivity index (χ1v) is 12.6. The third-order valence-corrected chi connectivity index (χ3v) is 6.20. The second-order valence-electron chi connectivity index (χ2n) is 8.20. The van der Waals surface area contributed by atoms with Gasteiger partial charge >= 0.3 is 6.09 Å². The number of phenolic OH excluding ortho intramolecular Hbond substituents is 1. The molecule has 1 atom stereocenters. The molecule has 37 heavy (non-hydrogen) atoms. The molecule has 5 N–H and O–H groups in total. The van der Waals surface area contributed by atoms with Gasteiger partial charge in [-0.15, -0.1) is 0 Å². The van der Waals surface area contributed by atoms with Crippen LogP contribution in [0.15, 0.2) is 72.8 Å². The minimum absolute atomic E-state index is 0.0386. The molecule has 4 rings (SSSR count). The fraction of sp³-hybridized carbons (Fsp3) is 0.185. The zero-order valence-corrected chi connectivity index (χ0v) is 21.9. The highest BCUT2D eigenvalue weighted by Crippen LogP contribution is 2.35. The van der Waals surface area contributed by atoms with Gasteiger partial charge < -0.3 is 30.4 Å². The van der Waals surface area contributed by atoms with Crippen LogP contribution >= 0.6 is 22.6 Å². The summed E-state index contributed by atoms with van der Waals surface area (Å²) in [7, 11) is 0. The highest BCUT2D eigenvalue weighted by Gasteiger charge is 2.21. The number of carbonyl (C=O) groups excluding carboxylic acids is 2. The summed E-state index contributed by atoms with van der Waals surface area (Å²) >= 11 is 2.14. The molecule has 0 saturated heterocycles. The Morgan fingerprint density at radius 1 is 1.08 bits per heavy atom. The summed E-state index contributed by atoms with van der Waals surface area (Å²) in [5.74, 6) is 0.894. The number of allylic oxidation sites excluding steroid dienone is 1. The van der Waals surface area contributed by atoms with E-state index in [-0.39, 0.29) is 18.4 Å². The van der Waals surface area contributed by atoms with Crippen LogP contribution in [-0.2, 0) is 9.53 Å². The van der Waals surface area contributed by atoms with Crippen molar-refractivity contribution in [2.24, 2.45) is 0 Å². The number of amides is 2. The van der Waals surface area contributed by atoms with Crippen molar-refractivity contribution in [1.82, 2.24) is 0 Å². The van der Waals surface area contributed by atoms with Crippen molar-refractivity contribution < 1.29 is 28.9 Å². The topological polar surface area (TPSA) is 132 Å². The first kappa shape index (κ1) is 26.1. The molecule has 0 aromatic heterocycles. The van der Waals surface area contributed by atoms with Crippen LogP contribution in [0.2, 0.25) is 0 Å². The van der Waals surface area contributed by atoms with Gasteiger partial charge in [0.15, 0.2) is 11.5 Å². The van der Waals surface area contributed by atoms with Gasteiger partial charge in [0.05, 0.1) is 11.4 Å². The third kappa shape index (κ3) is 7.29. The lowest BCUT2D eigenvalue weighted by atomic mass is 10.0. The van der Waals surface area contributed by atoms with Crippen molar-refractivity contribution in [2.45, 2.75) is 25.4 Å². The first-order chi connectivity index (χ1) is 17.9. The number of carbonyl (C=O) groups is 2.